The molecule has 0 spiro atoms. The largest absolute Gasteiger partial charge is 0.444 e. The number of piperazine rings is 1. The van der Waals surface area contributed by atoms with E-state index < -0.39 is 5.60 Å². The molecule has 1 amide bonds. The minimum Gasteiger partial charge on any atom is -0.444 e. The number of anilines is 1. The molecule has 1 aliphatic heterocycles. The minimum atomic E-state index is -0.521. The molecule has 152 valence electrons. The zero-order valence-corrected chi connectivity index (χ0v) is 18.6. The van der Waals surface area contributed by atoms with E-state index in [9.17, 15) is 4.79 Å². The molecule has 28 heavy (non-hydrogen) atoms. The molecule has 2 rings (SSSR count). The number of halogens is 2. The van der Waals surface area contributed by atoms with E-state index >= 15 is 0 Å². The van der Waals surface area contributed by atoms with Crippen LogP contribution >= 0.6 is 35.0 Å². The second-order valence-electron chi connectivity index (χ2n) is 7.07. The average molecular weight is 444 g/mol. The van der Waals surface area contributed by atoms with E-state index in [1.807, 2.05) is 38.1 Å². The number of hydrogen-bond donors (Lipinski definition) is 1. The first-order valence-electron chi connectivity index (χ1n) is 8.64. The number of amidine groups is 1. The van der Waals surface area contributed by atoms with Gasteiger partial charge in [0.1, 0.15) is 5.60 Å². The smallest absolute Gasteiger partial charge is 0.410 e. The standard InChI is InChI=1S/C18H23Cl2N5O2S/c1-18(2,3)27-17(26)25-7-5-24(6-8-25)15-13(19)9-12(10-14(15)20)23-16(28-4)22-11-21/h9-10H,5-8H2,1-4H3,(H,22,23). The number of rotatable bonds is 2. The number of nitriles is 1. The second-order valence-corrected chi connectivity index (χ2v) is 8.68. The van der Waals surface area contributed by atoms with Gasteiger partial charge in [0.25, 0.3) is 0 Å². The summed E-state index contributed by atoms with van der Waals surface area (Å²) in [5, 5.41) is 12.6. The van der Waals surface area contributed by atoms with Crippen LogP contribution in [0.1, 0.15) is 20.8 Å². The summed E-state index contributed by atoms with van der Waals surface area (Å²) < 4.78 is 5.42. The maximum Gasteiger partial charge on any atom is 0.410 e. The summed E-state index contributed by atoms with van der Waals surface area (Å²) in [7, 11) is 0. The van der Waals surface area contributed by atoms with Gasteiger partial charge in [-0.3, -0.25) is 5.32 Å². The van der Waals surface area contributed by atoms with Crippen molar-refractivity contribution < 1.29 is 9.53 Å². The second kappa shape index (κ2) is 9.59. The zero-order valence-electron chi connectivity index (χ0n) is 16.3. The number of carbonyl (C=O) groups excluding carboxylic acids is 1. The Balaban J connectivity index is 2.11. The van der Waals surface area contributed by atoms with E-state index in [1.165, 1.54) is 11.8 Å². The summed E-state index contributed by atoms with van der Waals surface area (Å²) in [4.78, 5) is 20.3. The summed E-state index contributed by atoms with van der Waals surface area (Å²) >= 11 is 14.2. The molecule has 0 aromatic heterocycles. The van der Waals surface area contributed by atoms with Crippen molar-refractivity contribution in [3.63, 3.8) is 0 Å². The fraction of sp³-hybridized carbons (Fsp3) is 0.500. The predicted molar refractivity (Wildman–Crippen MR) is 116 cm³/mol. The number of thioether (sulfide) groups is 1. The first-order valence-corrected chi connectivity index (χ1v) is 10.6. The van der Waals surface area contributed by atoms with Crippen molar-refractivity contribution in [1.82, 2.24) is 10.2 Å². The van der Waals surface area contributed by atoms with Gasteiger partial charge in [-0.1, -0.05) is 35.0 Å². The Labute approximate surface area is 179 Å². The molecule has 1 fully saturated rings. The Morgan fingerprint density at radius 1 is 1.25 bits per heavy atom. The number of carbonyl (C=O) groups is 1. The molecular weight excluding hydrogens is 421 g/mol. The van der Waals surface area contributed by atoms with Gasteiger partial charge in [0.2, 0.25) is 0 Å². The van der Waals surface area contributed by atoms with E-state index in [1.54, 1.807) is 17.0 Å². The Bertz CT molecular complexity index is 773. The first-order chi connectivity index (χ1) is 13.1. The van der Waals surface area contributed by atoms with Gasteiger partial charge < -0.3 is 14.5 Å². The van der Waals surface area contributed by atoms with Crippen molar-refractivity contribution in [3.8, 4) is 6.19 Å². The fourth-order valence-corrected chi connectivity index (χ4v) is 3.71. The van der Waals surface area contributed by atoms with Crippen LogP contribution in [0.5, 0.6) is 0 Å². The topological polar surface area (TPSA) is 81.0 Å². The zero-order chi connectivity index (χ0) is 20.9. The molecule has 10 heteroatoms. The third kappa shape index (κ3) is 6.09. The molecule has 0 unspecified atom stereocenters. The highest BCUT2D eigenvalue weighted by Crippen LogP contribution is 2.38. The third-order valence-corrected chi connectivity index (χ3v) is 4.99. The quantitative estimate of drug-likeness (QED) is 0.314. The molecule has 1 saturated heterocycles. The summed E-state index contributed by atoms with van der Waals surface area (Å²) in [5.41, 5.74) is 0.746. The Hall–Kier alpha value is -1.82. The highest BCUT2D eigenvalue weighted by molar-refractivity contribution is 8.13. The van der Waals surface area contributed by atoms with Crippen molar-refractivity contribution in [2.24, 2.45) is 4.99 Å². The summed E-state index contributed by atoms with van der Waals surface area (Å²) in [6.45, 7) is 7.76. The third-order valence-electron chi connectivity index (χ3n) is 3.84. The van der Waals surface area contributed by atoms with E-state index in [2.05, 4.69) is 10.3 Å². The van der Waals surface area contributed by atoms with E-state index in [4.69, 9.17) is 33.2 Å². The van der Waals surface area contributed by atoms with Crippen LogP contribution in [0, 0.1) is 11.5 Å². The van der Waals surface area contributed by atoms with Crippen LogP contribution in [-0.2, 0) is 4.74 Å². The molecule has 1 aliphatic rings. The molecule has 0 bridgehead atoms. The van der Waals surface area contributed by atoms with Gasteiger partial charge in [-0.2, -0.15) is 5.26 Å². The van der Waals surface area contributed by atoms with Crippen molar-refractivity contribution in [2.75, 3.05) is 37.3 Å². The normalized spacial score (nSPS) is 15.2. The van der Waals surface area contributed by atoms with Gasteiger partial charge in [0.05, 0.1) is 21.4 Å². The monoisotopic (exact) mass is 443 g/mol. The van der Waals surface area contributed by atoms with Crippen molar-refractivity contribution in [2.45, 2.75) is 26.4 Å². The van der Waals surface area contributed by atoms with Crippen LogP contribution in [0.3, 0.4) is 0 Å². The Morgan fingerprint density at radius 3 is 2.29 bits per heavy atom. The van der Waals surface area contributed by atoms with Gasteiger partial charge in [-0.05, 0) is 39.2 Å². The molecule has 1 heterocycles. The number of nitrogens with zero attached hydrogens (tertiary/aromatic N) is 4. The van der Waals surface area contributed by atoms with Crippen LogP contribution in [0.25, 0.3) is 0 Å². The lowest BCUT2D eigenvalue weighted by atomic mass is 10.2. The van der Waals surface area contributed by atoms with Crippen molar-refractivity contribution in [1.29, 1.82) is 5.26 Å². The van der Waals surface area contributed by atoms with Crippen LogP contribution in [0.4, 0.5) is 16.2 Å². The number of aliphatic imine (C=N–C) groups is 1. The molecule has 0 aliphatic carbocycles. The average Bonchev–Trinajstić information content (AvgIpc) is 2.60. The van der Waals surface area contributed by atoms with Crippen molar-refractivity contribution in [3.05, 3.63) is 22.2 Å². The number of hydrogen-bond acceptors (Lipinski definition) is 6. The number of amides is 1. The maximum atomic E-state index is 12.2. The molecule has 1 N–H and O–H groups in total. The van der Waals surface area contributed by atoms with Gasteiger partial charge in [0, 0.05) is 26.2 Å². The van der Waals surface area contributed by atoms with Gasteiger partial charge >= 0.3 is 6.09 Å². The van der Waals surface area contributed by atoms with Gasteiger partial charge in [-0.15, -0.1) is 0 Å². The van der Waals surface area contributed by atoms with Gasteiger partial charge in [0.15, 0.2) is 11.4 Å². The Kier molecular flexibility index (Phi) is 7.70. The summed E-state index contributed by atoms with van der Waals surface area (Å²) in [6, 6.07) is 3.41. The van der Waals surface area contributed by atoms with Gasteiger partial charge in [-0.25, -0.2) is 9.79 Å². The number of nitrogens with one attached hydrogen (secondary N) is 1. The first kappa shape index (κ1) is 22.5. The molecule has 7 nitrogen and oxygen atoms in total. The van der Waals surface area contributed by atoms with Crippen molar-refractivity contribution >= 4 is 57.6 Å². The van der Waals surface area contributed by atoms with Crippen LogP contribution in [0.2, 0.25) is 10.0 Å². The lowest BCUT2D eigenvalue weighted by molar-refractivity contribution is 0.0240. The minimum absolute atomic E-state index is 0.316. The fourth-order valence-electron chi connectivity index (χ4n) is 2.65. The van der Waals surface area contributed by atoms with Crippen LogP contribution < -0.4 is 10.2 Å². The molecule has 1 aromatic rings. The molecule has 0 saturated carbocycles. The Morgan fingerprint density at radius 2 is 1.82 bits per heavy atom. The van der Waals surface area contributed by atoms with E-state index in [0.29, 0.717) is 52.8 Å². The summed E-state index contributed by atoms with van der Waals surface area (Å²) in [6.07, 6.45) is 3.33. The molecule has 0 atom stereocenters. The molecular formula is C18H23Cl2N5O2S. The maximum absolute atomic E-state index is 12.2. The molecule has 0 radical (unpaired) electrons. The van der Waals surface area contributed by atoms with E-state index in [-0.39, 0.29) is 6.09 Å². The van der Waals surface area contributed by atoms with Crippen LogP contribution in [-0.4, -0.2) is 54.2 Å². The van der Waals surface area contributed by atoms with E-state index in [0.717, 1.165) is 0 Å². The number of benzene rings is 1. The lowest BCUT2D eigenvalue weighted by Crippen LogP contribution is -2.50. The highest BCUT2D eigenvalue weighted by Gasteiger charge is 2.27. The SMILES string of the molecule is CSC(=Nc1cc(Cl)c(N2CCN(C(=O)OC(C)(C)C)CC2)c(Cl)c1)NC#N. The summed E-state index contributed by atoms with van der Waals surface area (Å²) in [5.74, 6) is 0. The highest BCUT2D eigenvalue weighted by atomic mass is 35.5. The van der Waals surface area contributed by atoms with Crippen LogP contribution in [0.15, 0.2) is 17.1 Å². The lowest BCUT2D eigenvalue weighted by Gasteiger charge is -2.37. The number of ether oxygens (including phenoxy) is 1. The molecule has 1 aromatic carbocycles. The predicted octanol–water partition coefficient (Wildman–Crippen LogP) is 4.47.